The van der Waals surface area contributed by atoms with Crippen molar-refractivity contribution in [3.8, 4) is 0 Å². The van der Waals surface area contributed by atoms with Crippen molar-refractivity contribution in [3.63, 3.8) is 0 Å². The Bertz CT molecular complexity index is 363. The molecule has 4 nitrogen and oxygen atoms in total. The van der Waals surface area contributed by atoms with Gasteiger partial charge in [-0.1, -0.05) is 90.0 Å². The van der Waals surface area contributed by atoms with E-state index in [9.17, 15) is 9.59 Å². The van der Waals surface area contributed by atoms with Gasteiger partial charge in [0.1, 0.15) is 0 Å². The van der Waals surface area contributed by atoms with Gasteiger partial charge < -0.3 is 10.2 Å². The van der Waals surface area contributed by atoms with Crippen molar-refractivity contribution in [3.05, 3.63) is 12.2 Å². The fraction of sp³-hybridized carbons (Fsp3) is 0.810. The van der Waals surface area contributed by atoms with Crippen LogP contribution < -0.4 is 0 Å². The van der Waals surface area contributed by atoms with Gasteiger partial charge in [0.25, 0.3) is 0 Å². The molecule has 25 heavy (non-hydrogen) atoms. The third-order valence-electron chi connectivity index (χ3n) is 4.67. The molecule has 0 aromatic carbocycles. The number of rotatable bonds is 19. The van der Waals surface area contributed by atoms with Crippen LogP contribution in [0.4, 0.5) is 0 Å². The number of unbranched alkanes of at least 4 members (excludes halogenated alkanes) is 14. The van der Waals surface area contributed by atoms with E-state index in [1.165, 1.54) is 70.6 Å². The van der Waals surface area contributed by atoms with E-state index in [-0.39, 0.29) is 0 Å². The van der Waals surface area contributed by atoms with Gasteiger partial charge >= 0.3 is 11.9 Å². The highest BCUT2D eigenvalue weighted by Crippen LogP contribution is 2.14. The summed E-state index contributed by atoms with van der Waals surface area (Å²) in [5.41, 5.74) is 0.334. The summed E-state index contributed by atoms with van der Waals surface area (Å²) in [6, 6.07) is 0. The van der Waals surface area contributed by atoms with Gasteiger partial charge in [-0.15, -0.1) is 0 Å². The average Bonchev–Trinajstić information content (AvgIpc) is 2.57. The summed E-state index contributed by atoms with van der Waals surface area (Å²) in [6.45, 7) is 3.55. The van der Waals surface area contributed by atoms with Crippen molar-refractivity contribution in [2.75, 3.05) is 0 Å². The van der Waals surface area contributed by atoms with Crippen molar-refractivity contribution in [2.45, 2.75) is 109 Å². The Kier molecular flexibility index (Phi) is 16.6. The molecule has 0 amide bonds. The van der Waals surface area contributed by atoms with Crippen LogP contribution in [0.2, 0.25) is 0 Å². The SMILES string of the molecule is C=C(CCCCCCCCCCCCCCCCCC(=O)O)C(=O)O. The second-order valence-corrected chi connectivity index (χ2v) is 7.11. The lowest BCUT2D eigenvalue weighted by molar-refractivity contribution is -0.137. The van der Waals surface area contributed by atoms with Crippen LogP contribution >= 0.6 is 0 Å². The molecule has 0 atom stereocenters. The fourth-order valence-corrected chi connectivity index (χ4v) is 3.02. The fourth-order valence-electron chi connectivity index (χ4n) is 3.02. The summed E-state index contributed by atoms with van der Waals surface area (Å²) in [6.07, 6.45) is 18.9. The van der Waals surface area contributed by atoms with Gasteiger partial charge in [-0.05, 0) is 19.3 Å². The second kappa shape index (κ2) is 17.5. The zero-order valence-corrected chi connectivity index (χ0v) is 15.9. The van der Waals surface area contributed by atoms with Gasteiger partial charge in [0, 0.05) is 12.0 Å². The molecule has 0 saturated heterocycles. The van der Waals surface area contributed by atoms with E-state index in [0.29, 0.717) is 18.4 Å². The Labute approximate surface area is 153 Å². The number of hydrogen-bond donors (Lipinski definition) is 2. The minimum Gasteiger partial charge on any atom is -0.481 e. The molecule has 0 aromatic rings. The summed E-state index contributed by atoms with van der Waals surface area (Å²) in [5.74, 6) is -1.54. The number of aliphatic carboxylic acids is 2. The summed E-state index contributed by atoms with van der Waals surface area (Å²) >= 11 is 0. The van der Waals surface area contributed by atoms with Gasteiger partial charge in [0.2, 0.25) is 0 Å². The normalized spacial score (nSPS) is 10.7. The third kappa shape index (κ3) is 18.9. The Morgan fingerprint density at radius 1 is 0.520 bits per heavy atom. The van der Waals surface area contributed by atoms with Crippen LogP contribution in [0.1, 0.15) is 109 Å². The molecule has 146 valence electrons. The van der Waals surface area contributed by atoms with Gasteiger partial charge in [-0.25, -0.2) is 4.79 Å². The molecule has 4 heteroatoms. The predicted molar refractivity (Wildman–Crippen MR) is 103 cm³/mol. The molecule has 0 unspecified atom stereocenters. The van der Waals surface area contributed by atoms with E-state index >= 15 is 0 Å². The number of hydrogen-bond acceptors (Lipinski definition) is 2. The monoisotopic (exact) mass is 354 g/mol. The van der Waals surface area contributed by atoms with Crippen LogP contribution in [0.15, 0.2) is 12.2 Å². The van der Waals surface area contributed by atoms with Crippen molar-refractivity contribution >= 4 is 11.9 Å². The highest BCUT2D eigenvalue weighted by Gasteiger charge is 2.02. The van der Waals surface area contributed by atoms with Crippen LogP contribution in [0, 0.1) is 0 Å². The van der Waals surface area contributed by atoms with Gasteiger partial charge in [-0.2, -0.15) is 0 Å². The molecule has 0 heterocycles. The summed E-state index contributed by atoms with van der Waals surface area (Å²) in [7, 11) is 0. The predicted octanol–water partition coefficient (Wildman–Crippen LogP) is 6.34. The Morgan fingerprint density at radius 2 is 0.800 bits per heavy atom. The van der Waals surface area contributed by atoms with Crippen LogP contribution in [0.3, 0.4) is 0 Å². The minimum absolute atomic E-state index is 0.317. The van der Waals surface area contributed by atoms with Gasteiger partial charge in [0.05, 0.1) is 0 Å². The van der Waals surface area contributed by atoms with E-state index in [2.05, 4.69) is 6.58 Å². The van der Waals surface area contributed by atoms with Gasteiger partial charge in [-0.3, -0.25) is 4.79 Å². The first kappa shape index (κ1) is 23.7. The third-order valence-corrected chi connectivity index (χ3v) is 4.67. The first-order valence-electron chi connectivity index (χ1n) is 10.2. The van der Waals surface area contributed by atoms with E-state index in [4.69, 9.17) is 10.2 Å². The summed E-state index contributed by atoms with van der Waals surface area (Å²) < 4.78 is 0. The molecule has 0 aliphatic carbocycles. The highest BCUT2D eigenvalue weighted by molar-refractivity contribution is 5.85. The molecular formula is C21H38O4. The first-order chi connectivity index (χ1) is 12.0. The molecule has 0 aromatic heterocycles. The maximum absolute atomic E-state index is 10.6. The maximum Gasteiger partial charge on any atom is 0.330 e. The smallest absolute Gasteiger partial charge is 0.330 e. The molecule has 0 radical (unpaired) electrons. The molecule has 0 saturated carbocycles. The van der Waals surface area contributed by atoms with Gasteiger partial charge in [0.15, 0.2) is 0 Å². The maximum atomic E-state index is 10.6. The van der Waals surface area contributed by atoms with E-state index < -0.39 is 11.9 Å². The van der Waals surface area contributed by atoms with E-state index in [1.807, 2.05) is 0 Å². The minimum atomic E-state index is -0.863. The number of carboxylic acid groups (broad SMARTS) is 2. The molecule has 0 fully saturated rings. The lowest BCUT2D eigenvalue weighted by Gasteiger charge is -2.04. The molecular weight excluding hydrogens is 316 g/mol. The lowest BCUT2D eigenvalue weighted by Crippen LogP contribution is -1.98. The first-order valence-corrected chi connectivity index (χ1v) is 10.2. The quantitative estimate of drug-likeness (QED) is 0.209. The molecule has 0 spiro atoms. The second-order valence-electron chi connectivity index (χ2n) is 7.11. The number of carbonyl (C=O) groups is 2. The van der Waals surface area contributed by atoms with E-state index in [1.54, 1.807) is 0 Å². The van der Waals surface area contributed by atoms with Crippen molar-refractivity contribution in [1.82, 2.24) is 0 Å². The van der Waals surface area contributed by atoms with Crippen LogP contribution in [0.5, 0.6) is 0 Å². The molecule has 0 rings (SSSR count). The Hall–Kier alpha value is -1.32. The molecule has 0 aliphatic rings. The topological polar surface area (TPSA) is 74.6 Å². The average molecular weight is 355 g/mol. The lowest BCUT2D eigenvalue weighted by atomic mass is 10.0. The van der Waals surface area contributed by atoms with Crippen molar-refractivity contribution < 1.29 is 19.8 Å². The Morgan fingerprint density at radius 3 is 1.08 bits per heavy atom. The summed E-state index contributed by atoms with van der Waals surface area (Å²) in [5, 5.41) is 17.3. The summed E-state index contributed by atoms with van der Waals surface area (Å²) in [4.78, 5) is 21.0. The molecule has 0 bridgehead atoms. The van der Waals surface area contributed by atoms with Crippen molar-refractivity contribution in [2.24, 2.45) is 0 Å². The Balaban J connectivity index is 3.08. The standard InChI is InChI=1S/C21H38O4/c1-19(21(24)25)17-15-13-11-9-7-5-3-2-4-6-8-10-12-14-16-18-20(22)23/h1-18H2,(H,22,23)(H,24,25). The molecule has 2 N–H and O–H groups in total. The van der Waals surface area contributed by atoms with Crippen LogP contribution in [-0.2, 0) is 9.59 Å². The van der Waals surface area contributed by atoms with E-state index in [0.717, 1.165) is 25.7 Å². The van der Waals surface area contributed by atoms with Crippen LogP contribution in [0.25, 0.3) is 0 Å². The number of carboxylic acids is 2. The largest absolute Gasteiger partial charge is 0.481 e. The zero-order valence-electron chi connectivity index (χ0n) is 15.9. The molecule has 0 aliphatic heterocycles. The van der Waals surface area contributed by atoms with Crippen molar-refractivity contribution in [1.29, 1.82) is 0 Å². The van der Waals surface area contributed by atoms with Crippen LogP contribution in [-0.4, -0.2) is 22.2 Å². The highest BCUT2D eigenvalue weighted by atomic mass is 16.4. The zero-order chi connectivity index (χ0) is 18.8.